The van der Waals surface area contributed by atoms with Crippen molar-refractivity contribution in [2.75, 3.05) is 6.54 Å². The van der Waals surface area contributed by atoms with Crippen LogP contribution in [0.1, 0.15) is 36.5 Å². The number of rotatable bonds is 7. The number of aryl methyl sites for hydroxylation is 2. The second-order valence-corrected chi connectivity index (χ2v) is 8.09. The molecule has 1 aliphatic rings. The largest absolute Gasteiger partial charge is 0.313 e. The lowest BCUT2D eigenvalue weighted by molar-refractivity contribution is 0.556. The zero-order valence-electron chi connectivity index (χ0n) is 12.7. The minimum absolute atomic E-state index is 0.193. The fourth-order valence-electron chi connectivity index (χ4n) is 2.19. The highest BCUT2D eigenvalue weighted by atomic mass is 32.2. The molecule has 1 fully saturated rings. The van der Waals surface area contributed by atoms with Gasteiger partial charge < -0.3 is 5.32 Å². The molecule has 0 aliphatic heterocycles. The molecule has 1 aliphatic carbocycles. The molecule has 1 atom stereocenters. The van der Waals surface area contributed by atoms with E-state index in [1.54, 1.807) is 32.9 Å². The van der Waals surface area contributed by atoms with Gasteiger partial charge in [0.25, 0.3) is 0 Å². The maximum absolute atomic E-state index is 13.5. The summed E-state index contributed by atoms with van der Waals surface area (Å²) in [4.78, 5) is 0. The molecule has 2 rings (SSSR count). The topological polar surface area (TPSA) is 58.2 Å². The summed E-state index contributed by atoms with van der Waals surface area (Å²) in [5.41, 5.74) is 1.85. The molecule has 4 nitrogen and oxygen atoms in total. The van der Waals surface area contributed by atoms with Crippen molar-refractivity contribution in [1.82, 2.24) is 10.0 Å². The van der Waals surface area contributed by atoms with Gasteiger partial charge in [0, 0.05) is 19.1 Å². The summed E-state index contributed by atoms with van der Waals surface area (Å²) in [6.07, 6.45) is 2.27. The van der Waals surface area contributed by atoms with Crippen molar-refractivity contribution in [2.45, 2.75) is 51.4 Å². The van der Waals surface area contributed by atoms with E-state index in [0.717, 1.165) is 18.4 Å². The molecule has 2 N–H and O–H groups in total. The van der Waals surface area contributed by atoms with Gasteiger partial charge in [-0.15, -0.1) is 0 Å². The van der Waals surface area contributed by atoms with Gasteiger partial charge in [0.1, 0.15) is 5.82 Å². The van der Waals surface area contributed by atoms with Crippen LogP contribution in [0.15, 0.2) is 12.1 Å². The maximum Gasteiger partial charge on any atom is 0.215 e. The number of benzene rings is 1. The van der Waals surface area contributed by atoms with Crippen LogP contribution in [0.25, 0.3) is 0 Å². The second kappa shape index (κ2) is 6.42. The monoisotopic (exact) mass is 314 g/mol. The summed E-state index contributed by atoms with van der Waals surface area (Å²) >= 11 is 0. The lowest BCUT2D eigenvalue weighted by atomic mass is 10.1. The molecule has 6 heteroatoms. The lowest BCUT2D eigenvalue weighted by Gasteiger charge is -2.15. The first-order chi connectivity index (χ1) is 9.79. The Balaban J connectivity index is 1.94. The summed E-state index contributed by atoms with van der Waals surface area (Å²) in [6.45, 7) is 5.71. The number of sulfonamides is 1. The van der Waals surface area contributed by atoms with Gasteiger partial charge in [0.15, 0.2) is 0 Å². The molecule has 21 heavy (non-hydrogen) atoms. The number of hydrogen-bond donors (Lipinski definition) is 2. The Morgan fingerprint density at radius 2 is 1.86 bits per heavy atom. The van der Waals surface area contributed by atoms with Crippen LogP contribution >= 0.6 is 0 Å². The van der Waals surface area contributed by atoms with Crippen LogP contribution in [-0.2, 0) is 16.6 Å². The predicted octanol–water partition coefficient (Wildman–Crippen LogP) is 2.00. The van der Waals surface area contributed by atoms with Crippen molar-refractivity contribution in [1.29, 1.82) is 0 Å². The Morgan fingerprint density at radius 3 is 2.38 bits per heavy atom. The van der Waals surface area contributed by atoms with E-state index in [1.165, 1.54) is 0 Å². The van der Waals surface area contributed by atoms with Gasteiger partial charge in [-0.3, -0.25) is 0 Å². The highest BCUT2D eigenvalue weighted by molar-refractivity contribution is 7.90. The summed E-state index contributed by atoms with van der Waals surface area (Å²) in [5, 5.41) is 2.73. The quantitative estimate of drug-likeness (QED) is 0.809. The molecule has 1 unspecified atom stereocenters. The van der Waals surface area contributed by atoms with E-state index in [9.17, 15) is 12.8 Å². The Labute approximate surface area is 126 Å². The van der Waals surface area contributed by atoms with Gasteiger partial charge in [-0.1, -0.05) is 12.1 Å². The van der Waals surface area contributed by atoms with Gasteiger partial charge in [0.2, 0.25) is 10.0 Å². The lowest BCUT2D eigenvalue weighted by Crippen LogP contribution is -2.39. The fraction of sp³-hybridized carbons (Fsp3) is 0.600. The van der Waals surface area contributed by atoms with Gasteiger partial charge in [-0.05, 0) is 50.3 Å². The van der Waals surface area contributed by atoms with Crippen LogP contribution in [-0.4, -0.2) is 26.3 Å². The molecule has 0 heterocycles. The van der Waals surface area contributed by atoms with E-state index in [1.807, 2.05) is 0 Å². The van der Waals surface area contributed by atoms with E-state index < -0.39 is 15.3 Å². The van der Waals surface area contributed by atoms with Crippen LogP contribution in [0.5, 0.6) is 0 Å². The third-order valence-corrected chi connectivity index (χ3v) is 5.55. The molecule has 1 aromatic carbocycles. The first-order valence-electron chi connectivity index (χ1n) is 7.27. The molecule has 1 saturated carbocycles. The van der Waals surface area contributed by atoms with Crippen molar-refractivity contribution < 1.29 is 12.8 Å². The minimum atomic E-state index is -3.37. The highest BCUT2D eigenvalue weighted by Gasteiger charge is 2.25. The third kappa shape index (κ3) is 4.49. The van der Waals surface area contributed by atoms with Crippen molar-refractivity contribution in [3.63, 3.8) is 0 Å². The number of halogens is 1. The number of hydrogen-bond acceptors (Lipinski definition) is 3. The Morgan fingerprint density at radius 1 is 1.29 bits per heavy atom. The molecular formula is C15H23FN2O2S. The van der Waals surface area contributed by atoms with E-state index in [2.05, 4.69) is 10.0 Å². The van der Waals surface area contributed by atoms with Crippen molar-refractivity contribution >= 4 is 10.0 Å². The minimum Gasteiger partial charge on any atom is -0.313 e. The van der Waals surface area contributed by atoms with Crippen LogP contribution in [0.2, 0.25) is 0 Å². The van der Waals surface area contributed by atoms with E-state index >= 15 is 0 Å². The molecular weight excluding hydrogens is 291 g/mol. The van der Waals surface area contributed by atoms with Gasteiger partial charge >= 0.3 is 0 Å². The van der Waals surface area contributed by atoms with Crippen LogP contribution in [0.3, 0.4) is 0 Å². The molecule has 118 valence electrons. The van der Waals surface area contributed by atoms with Crippen molar-refractivity contribution in [3.05, 3.63) is 34.6 Å². The SMILES string of the molecule is Cc1cc(CNS(=O)(=O)C(C)CNC2CC2)cc(C)c1F. The van der Waals surface area contributed by atoms with E-state index in [0.29, 0.717) is 23.7 Å². The molecule has 0 spiro atoms. The van der Waals surface area contributed by atoms with E-state index in [-0.39, 0.29) is 12.4 Å². The first kappa shape index (κ1) is 16.4. The number of nitrogens with one attached hydrogen (secondary N) is 2. The fourth-order valence-corrected chi connectivity index (χ4v) is 3.16. The average molecular weight is 314 g/mol. The summed E-state index contributed by atoms with van der Waals surface area (Å²) < 4.78 is 40.4. The average Bonchev–Trinajstić information content (AvgIpc) is 3.23. The smallest absolute Gasteiger partial charge is 0.215 e. The van der Waals surface area contributed by atoms with E-state index in [4.69, 9.17) is 0 Å². The van der Waals surface area contributed by atoms with Crippen LogP contribution < -0.4 is 10.0 Å². The molecule has 0 bridgehead atoms. The summed E-state index contributed by atoms with van der Waals surface area (Å²) in [5.74, 6) is -0.233. The normalized spacial score (nSPS) is 17.0. The van der Waals surface area contributed by atoms with Gasteiger partial charge in [-0.25, -0.2) is 17.5 Å². The van der Waals surface area contributed by atoms with Crippen molar-refractivity contribution in [2.24, 2.45) is 0 Å². The molecule has 0 saturated heterocycles. The second-order valence-electron chi connectivity index (χ2n) is 5.90. The Bertz CT molecular complexity index is 589. The standard InChI is InChI=1S/C15H23FN2O2S/c1-10-6-13(7-11(2)15(10)16)9-18-21(19,20)12(3)8-17-14-4-5-14/h6-7,12,14,17-18H,4-5,8-9H2,1-3H3. The Kier molecular flexibility index (Phi) is 5.01. The van der Waals surface area contributed by atoms with Crippen molar-refractivity contribution in [3.8, 4) is 0 Å². The molecule has 0 radical (unpaired) electrons. The predicted molar refractivity (Wildman–Crippen MR) is 82.1 cm³/mol. The molecule has 1 aromatic rings. The molecule has 0 aromatic heterocycles. The van der Waals surface area contributed by atoms with Gasteiger partial charge in [-0.2, -0.15) is 0 Å². The summed E-state index contributed by atoms with van der Waals surface area (Å²) in [6, 6.07) is 3.85. The zero-order valence-corrected chi connectivity index (χ0v) is 13.6. The first-order valence-corrected chi connectivity index (χ1v) is 8.81. The molecule has 0 amide bonds. The van der Waals surface area contributed by atoms with Crippen LogP contribution in [0.4, 0.5) is 4.39 Å². The third-order valence-electron chi connectivity index (χ3n) is 3.77. The van der Waals surface area contributed by atoms with Crippen LogP contribution in [0, 0.1) is 19.7 Å². The van der Waals surface area contributed by atoms with Gasteiger partial charge in [0.05, 0.1) is 5.25 Å². The highest BCUT2D eigenvalue weighted by Crippen LogP contribution is 2.19. The summed E-state index contributed by atoms with van der Waals surface area (Å²) in [7, 11) is -3.37. The Hall–Kier alpha value is -0.980. The zero-order chi connectivity index (χ0) is 15.6. The maximum atomic E-state index is 13.5.